The molecular weight excluding hydrogens is 500 g/mol. The number of carbonyl (C=O) groups excluding carboxylic acids is 3. The van der Waals surface area contributed by atoms with Gasteiger partial charge in [0.05, 0.1) is 25.3 Å². The van der Waals surface area contributed by atoms with Crippen LogP contribution in [-0.2, 0) is 14.2 Å². The van der Waals surface area contributed by atoms with Crippen molar-refractivity contribution >= 4 is 29.4 Å². The molecule has 0 aromatic heterocycles. The van der Waals surface area contributed by atoms with E-state index < -0.39 is 5.60 Å². The second kappa shape index (κ2) is 13.8. The molecule has 10 nitrogen and oxygen atoms in total. The van der Waals surface area contributed by atoms with Gasteiger partial charge in [0.15, 0.2) is 0 Å². The minimum Gasteiger partial charge on any atom is -0.465 e. The first-order valence-corrected chi connectivity index (χ1v) is 13.2. The Balaban J connectivity index is 0.000000230. The lowest BCUT2D eigenvalue weighted by Crippen LogP contribution is -2.50. The van der Waals surface area contributed by atoms with Crippen molar-refractivity contribution in [1.29, 1.82) is 0 Å². The summed E-state index contributed by atoms with van der Waals surface area (Å²) >= 11 is 0. The largest absolute Gasteiger partial charge is 0.465 e. The lowest BCUT2D eigenvalue weighted by Gasteiger charge is -2.36. The van der Waals surface area contributed by atoms with Gasteiger partial charge >= 0.3 is 18.0 Å². The molecule has 1 N–H and O–H groups in total. The number of anilines is 2. The molecule has 2 aliphatic rings. The second-order valence-corrected chi connectivity index (χ2v) is 10.3. The molecule has 10 heteroatoms. The van der Waals surface area contributed by atoms with E-state index in [1.165, 1.54) is 14.2 Å². The number of nitrogens with one attached hydrogen (secondary N) is 1. The van der Waals surface area contributed by atoms with Gasteiger partial charge < -0.3 is 34.2 Å². The summed E-state index contributed by atoms with van der Waals surface area (Å²) in [6.45, 7) is 12.1. The van der Waals surface area contributed by atoms with Crippen LogP contribution in [0.2, 0.25) is 0 Å². The number of ether oxygens (including phenoxy) is 3. The van der Waals surface area contributed by atoms with Gasteiger partial charge in [-0.15, -0.1) is 0 Å². The van der Waals surface area contributed by atoms with Crippen molar-refractivity contribution in [2.45, 2.75) is 26.4 Å². The maximum atomic E-state index is 12.1. The molecule has 1 amide bonds. The highest BCUT2D eigenvalue weighted by atomic mass is 16.6. The van der Waals surface area contributed by atoms with Gasteiger partial charge in [0.1, 0.15) is 5.60 Å². The summed E-state index contributed by atoms with van der Waals surface area (Å²) in [5.74, 6) is -0.628. The molecule has 212 valence electrons. The molecule has 0 radical (unpaired) electrons. The summed E-state index contributed by atoms with van der Waals surface area (Å²) < 4.78 is 14.8. The van der Waals surface area contributed by atoms with E-state index in [1.807, 2.05) is 57.2 Å². The predicted octanol–water partition coefficient (Wildman–Crippen LogP) is 3.41. The first-order chi connectivity index (χ1) is 18.6. The molecule has 2 aliphatic heterocycles. The zero-order valence-electron chi connectivity index (χ0n) is 23.6. The van der Waals surface area contributed by atoms with E-state index in [1.54, 1.807) is 17.0 Å². The van der Waals surface area contributed by atoms with Gasteiger partial charge in [0.2, 0.25) is 0 Å². The second-order valence-electron chi connectivity index (χ2n) is 10.3. The highest BCUT2D eigenvalue weighted by Gasteiger charge is 2.26. The minimum atomic E-state index is -0.483. The fourth-order valence-electron chi connectivity index (χ4n) is 4.29. The van der Waals surface area contributed by atoms with Gasteiger partial charge in [-0.2, -0.15) is 0 Å². The zero-order valence-corrected chi connectivity index (χ0v) is 23.6. The molecule has 2 fully saturated rings. The van der Waals surface area contributed by atoms with Gasteiger partial charge in [-0.25, -0.2) is 14.4 Å². The molecule has 0 saturated carbocycles. The highest BCUT2D eigenvalue weighted by Crippen LogP contribution is 2.20. The monoisotopic (exact) mass is 540 g/mol. The van der Waals surface area contributed by atoms with E-state index in [9.17, 15) is 14.4 Å². The highest BCUT2D eigenvalue weighted by molar-refractivity contribution is 5.91. The summed E-state index contributed by atoms with van der Waals surface area (Å²) in [5, 5.41) is 3.30. The molecule has 0 atom stereocenters. The SMILES string of the molecule is COC(=O)c1cccc(N2CCN(C(=O)OC(C)(C)C)CC2)c1.COC(=O)c1cccc(N2CCNCC2)c1. The molecule has 4 rings (SSSR count). The third-order valence-corrected chi connectivity index (χ3v) is 6.31. The van der Waals surface area contributed by atoms with Crippen LogP contribution in [0.25, 0.3) is 0 Å². The number of hydrogen-bond donors (Lipinski definition) is 1. The third kappa shape index (κ3) is 8.88. The van der Waals surface area contributed by atoms with Crippen LogP contribution >= 0.6 is 0 Å². The van der Waals surface area contributed by atoms with Crippen molar-refractivity contribution in [1.82, 2.24) is 10.2 Å². The van der Waals surface area contributed by atoms with Crippen LogP contribution < -0.4 is 15.1 Å². The van der Waals surface area contributed by atoms with Gasteiger partial charge in [-0.05, 0) is 57.2 Å². The lowest BCUT2D eigenvalue weighted by atomic mass is 10.1. The number of amides is 1. The Morgan fingerprint density at radius 3 is 1.62 bits per heavy atom. The van der Waals surface area contributed by atoms with E-state index in [4.69, 9.17) is 14.2 Å². The molecule has 2 saturated heterocycles. The third-order valence-electron chi connectivity index (χ3n) is 6.31. The van der Waals surface area contributed by atoms with Gasteiger partial charge in [-0.3, -0.25) is 0 Å². The van der Waals surface area contributed by atoms with E-state index in [2.05, 4.69) is 15.1 Å². The Morgan fingerprint density at radius 2 is 1.18 bits per heavy atom. The van der Waals surface area contributed by atoms with E-state index >= 15 is 0 Å². The number of methoxy groups -OCH3 is 2. The van der Waals surface area contributed by atoms with Crippen LogP contribution in [0.4, 0.5) is 16.2 Å². The first kappa shape index (κ1) is 29.8. The standard InChI is InChI=1S/C17H24N2O4.C12H16N2O2/c1-17(2,3)23-16(21)19-10-8-18(9-11-19)14-7-5-6-13(12-14)15(20)22-4;1-16-12(15)10-3-2-4-11(9-10)14-7-5-13-6-8-14/h5-7,12H,8-11H2,1-4H3;2-4,9,13H,5-8H2,1H3. The van der Waals surface area contributed by atoms with Crippen molar-refractivity contribution < 1.29 is 28.6 Å². The molecule has 2 heterocycles. The fraction of sp³-hybridized carbons (Fsp3) is 0.483. The molecule has 2 aromatic carbocycles. The summed E-state index contributed by atoms with van der Waals surface area (Å²) in [4.78, 5) is 41.2. The topological polar surface area (TPSA) is 101 Å². The Bertz CT molecular complexity index is 1120. The average molecular weight is 541 g/mol. The number of piperazine rings is 2. The number of hydrogen-bond acceptors (Lipinski definition) is 9. The summed E-state index contributed by atoms with van der Waals surface area (Å²) in [6.07, 6.45) is -0.277. The maximum Gasteiger partial charge on any atom is 0.410 e. The van der Waals surface area contributed by atoms with Crippen molar-refractivity contribution in [3.8, 4) is 0 Å². The first-order valence-electron chi connectivity index (χ1n) is 13.2. The maximum absolute atomic E-state index is 12.1. The number of carbonyl (C=O) groups is 3. The molecule has 39 heavy (non-hydrogen) atoms. The Labute approximate surface area is 230 Å². The molecular formula is C29H40N4O6. The quantitative estimate of drug-likeness (QED) is 0.462. The molecule has 0 spiro atoms. The van der Waals surface area contributed by atoms with Gasteiger partial charge in [0.25, 0.3) is 0 Å². The smallest absolute Gasteiger partial charge is 0.410 e. The van der Waals surface area contributed by atoms with Crippen LogP contribution in [0.5, 0.6) is 0 Å². The van der Waals surface area contributed by atoms with Gasteiger partial charge in [0, 0.05) is 63.7 Å². The van der Waals surface area contributed by atoms with E-state index in [0.717, 1.165) is 37.6 Å². The van der Waals surface area contributed by atoms with Crippen molar-refractivity contribution in [2.24, 2.45) is 0 Å². The minimum absolute atomic E-state index is 0.277. The Hall–Kier alpha value is -3.79. The zero-order chi connectivity index (χ0) is 28.4. The van der Waals surface area contributed by atoms with Crippen LogP contribution in [0, 0.1) is 0 Å². The van der Waals surface area contributed by atoms with Crippen molar-refractivity contribution in [2.75, 3.05) is 76.4 Å². The molecule has 0 unspecified atom stereocenters. The number of esters is 2. The molecule has 0 bridgehead atoms. The fourth-order valence-corrected chi connectivity index (χ4v) is 4.29. The molecule has 0 aliphatic carbocycles. The Morgan fingerprint density at radius 1 is 0.718 bits per heavy atom. The summed E-state index contributed by atoms with van der Waals surface area (Å²) in [6, 6.07) is 14.9. The summed E-state index contributed by atoms with van der Waals surface area (Å²) in [7, 11) is 2.77. The lowest BCUT2D eigenvalue weighted by molar-refractivity contribution is 0.0240. The van der Waals surface area contributed by atoms with Crippen LogP contribution in [-0.4, -0.2) is 95.1 Å². The van der Waals surface area contributed by atoms with Crippen LogP contribution in [0.1, 0.15) is 41.5 Å². The Kier molecular flexibility index (Phi) is 10.6. The van der Waals surface area contributed by atoms with E-state index in [-0.39, 0.29) is 18.0 Å². The summed E-state index contributed by atoms with van der Waals surface area (Å²) in [5.41, 5.74) is 2.70. The number of nitrogens with zero attached hydrogens (tertiary/aromatic N) is 3. The van der Waals surface area contributed by atoms with E-state index in [0.29, 0.717) is 37.3 Å². The van der Waals surface area contributed by atoms with Gasteiger partial charge in [-0.1, -0.05) is 12.1 Å². The predicted molar refractivity (Wildman–Crippen MR) is 151 cm³/mol. The van der Waals surface area contributed by atoms with Crippen molar-refractivity contribution in [3.63, 3.8) is 0 Å². The van der Waals surface area contributed by atoms with Crippen LogP contribution in [0.15, 0.2) is 48.5 Å². The van der Waals surface area contributed by atoms with Crippen molar-refractivity contribution in [3.05, 3.63) is 59.7 Å². The number of benzene rings is 2. The van der Waals surface area contributed by atoms with Crippen LogP contribution in [0.3, 0.4) is 0 Å². The average Bonchev–Trinajstić information content (AvgIpc) is 2.96. The normalized spacial score (nSPS) is 15.6. The number of rotatable bonds is 4. The molecule has 2 aromatic rings.